The molecule has 9 heteroatoms. The molecule has 0 radical (unpaired) electrons. The van der Waals surface area contributed by atoms with E-state index in [0.29, 0.717) is 16.8 Å². The number of hydrogen-bond donors (Lipinski definition) is 0. The number of hydrogen-bond acceptors (Lipinski definition) is 6. The van der Waals surface area contributed by atoms with Crippen LogP contribution in [-0.4, -0.2) is 18.9 Å². The maximum atomic E-state index is 13.1. The molecule has 0 fully saturated rings. The number of nitriles is 1. The van der Waals surface area contributed by atoms with E-state index >= 15 is 0 Å². The Bertz CT molecular complexity index is 1510. The fourth-order valence-corrected chi connectivity index (χ4v) is 3.28. The van der Waals surface area contributed by atoms with Crippen molar-refractivity contribution in [2.75, 3.05) is 0 Å². The molecule has 3 heterocycles. The quantitative estimate of drug-likeness (QED) is 0.296. The summed E-state index contributed by atoms with van der Waals surface area (Å²) in [5.74, 6) is 0. The molecule has 0 saturated heterocycles. The van der Waals surface area contributed by atoms with Crippen LogP contribution in [0.4, 0.5) is 5.69 Å². The Labute approximate surface area is 162 Å². The van der Waals surface area contributed by atoms with Crippen molar-refractivity contribution in [1.29, 1.82) is 5.26 Å². The molecular formula is C20H13N5O4. The lowest BCUT2D eigenvalue weighted by molar-refractivity contribution is -0.384. The first-order valence-electron chi connectivity index (χ1n) is 8.56. The Balaban J connectivity index is 2.28. The Morgan fingerprint density at radius 1 is 1.07 bits per heavy atom. The average Bonchev–Trinajstić information content (AvgIpc) is 2.69. The largest absolute Gasteiger partial charge is 0.274 e. The van der Waals surface area contributed by atoms with Gasteiger partial charge >= 0.3 is 0 Å². The highest BCUT2D eigenvalue weighted by atomic mass is 16.6. The number of fused-ring (bicyclic) bond motifs is 2. The predicted octanol–water partition coefficient (Wildman–Crippen LogP) is 2.40. The number of nitro groups is 1. The smallest absolute Gasteiger partial charge is 0.268 e. The highest BCUT2D eigenvalue weighted by Gasteiger charge is 2.19. The standard InChI is InChI=1S/C20H13N5O4/c1-11-5-6-14(25(28)29)9-16(11)24-18-15(8-13(10-21)19(24)26)20(27)23-7-3-4-12(2)17(23)22-18/h3-9H,1-2H3. The Kier molecular flexibility index (Phi) is 3.98. The minimum Gasteiger partial charge on any atom is -0.268 e. The van der Waals surface area contributed by atoms with Crippen LogP contribution in [0.5, 0.6) is 0 Å². The van der Waals surface area contributed by atoms with Crippen LogP contribution in [0.2, 0.25) is 0 Å². The number of rotatable bonds is 2. The summed E-state index contributed by atoms with van der Waals surface area (Å²) >= 11 is 0. The second kappa shape index (κ2) is 6.38. The fourth-order valence-electron chi connectivity index (χ4n) is 3.28. The summed E-state index contributed by atoms with van der Waals surface area (Å²) in [5, 5.41) is 20.7. The summed E-state index contributed by atoms with van der Waals surface area (Å²) in [6.45, 7) is 3.45. The summed E-state index contributed by atoms with van der Waals surface area (Å²) in [7, 11) is 0. The van der Waals surface area contributed by atoms with Crippen molar-refractivity contribution in [3.05, 3.63) is 90.1 Å². The van der Waals surface area contributed by atoms with Crippen LogP contribution in [-0.2, 0) is 0 Å². The van der Waals surface area contributed by atoms with Gasteiger partial charge in [0.2, 0.25) is 0 Å². The third-order valence-electron chi connectivity index (χ3n) is 4.76. The van der Waals surface area contributed by atoms with E-state index in [1.165, 1.54) is 28.7 Å². The van der Waals surface area contributed by atoms with E-state index in [9.17, 15) is 25.0 Å². The number of pyridine rings is 2. The Morgan fingerprint density at radius 3 is 2.52 bits per heavy atom. The summed E-state index contributed by atoms with van der Waals surface area (Å²) in [6.07, 6.45) is 1.55. The highest BCUT2D eigenvalue weighted by Crippen LogP contribution is 2.23. The van der Waals surface area contributed by atoms with Gasteiger partial charge in [0.15, 0.2) is 5.65 Å². The first-order valence-corrected chi connectivity index (χ1v) is 8.56. The summed E-state index contributed by atoms with van der Waals surface area (Å²) < 4.78 is 2.44. The highest BCUT2D eigenvalue weighted by molar-refractivity contribution is 5.80. The lowest BCUT2D eigenvalue weighted by Crippen LogP contribution is -2.27. The van der Waals surface area contributed by atoms with Crippen molar-refractivity contribution in [1.82, 2.24) is 14.0 Å². The van der Waals surface area contributed by atoms with E-state index in [0.717, 1.165) is 4.57 Å². The third kappa shape index (κ3) is 2.66. The van der Waals surface area contributed by atoms with Gasteiger partial charge in [-0.05, 0) is 37.1 Å². The van der Waals surface area contributed by atoms with Crippen molar-refractivity contribution in [3.63, 3.8) is 0 Å². The Hall–Kier alpha value is -4.32. The van der Waals surface area contributed by atoms with Crippen molar-refractivity contribution in [2.24, 2.45) is 0 Å². The molecule has 9 nitrogen and oxygen atoms in total. The number of nitro benzene ring substituents is 1. The number of benzene rings is 1. The molecular weight excluding hydrogens is 374 g/mol. The van der Waals surface area contributed by atoms with Gasteiger partial charge in [0, 0.05) is 18.3 Å². The molecule has 3 aromatic heterocycles. The van der Waals surface area contributed by atoms with Crippen LogP contribution in [0.3, 0.4) is 0 Å². The van der Waals surface area contributed by atoms with Crippen LogP contribution in [0.1, 0.15) is 16.7 Å². The van der Waals surface area contributed by atoms with Crippen molar-refractivity contribution in [2.45, 2.75) is 13.8 Å². The molecule has 29 heavy (non-hydrogen) atoms. The molecule has 0 aliphatic heterocycles. The van der Waals surface area contributed by atoms with Crippen molar-refractivity contribution >= 4 is 22.4 Å². The van der Waals surface area contributed by atoms with Crippen LogP contribution in [0.25, 0.3) is 22.4 Å². The van der Waals surface area contributed by atoms with Gasteiger partial charge in [-0.3, -0.25) is 28.7 Å². The predicted molar refractivity (Wildman–Crippen MR) is 105 cm³/mol. The Morgan fingerprint density at radius 2 is 1.83 bits per heavy atom. The van der Waals surface area contributed by atoms with Gasteiger partial charge in [0.1, 0.15) is 17.3 Å². The number of aryl methyl sites for hydroxylation is 2. The molecule has 0 unspecified atom stereocenters. The average molecular weight is 387 g/mol. The van der Waals surface area contributed by atoms with Crippen molar-refractivity contribution in [3.8, 4) is 11.8 Å². The SMILES string of the molecule is Cc1ccc([N+](=O)[O-])cc1-n1c(=O)c(C#N)cc2c(=O)n3cccc(C)c3nc21. The van der Waals surface area contributed by atoms with E-state index in [-0.39, 0.29) is 28.0 Å². The zero-order valence-corrected chi connectivity index (χ0v) is 15.4. The van der Waals surface area contributed by atoms with Crippen LogP contribution >= 0.6 is 0 Å². The summed E-state index contributed by atoms with van der Waals surface area (Å²) in [6, 6.07) is 10.5. The molecule has 0 bridgehead atoms. The van der Waals surface area contributed by atoms with E-state index in [4.69, 9.17) is 0 Å². The first-order chi connectivity index (χ1) is 13.8. The monoisotopic (exact) mass is 387 g/mol. The second-order valence-electron chi connectivity index (χ2n) is 6.58. The lowest BCUT2D eigenvalue weighted by atomic mass is 10.1. The van der Waals surface area contributed by atoms with Gasteiger partial charge in [-0.2, -0.15) is 5.26 Å². The van der Waals surface area contributed by atoms with E-state index in [1.54, 1.807) is 38.2 Å². The molecule has 4 rings (SSSR count). The minimum absolute atomic E-state index is 0.0388. The number of non-ortho nitro benzene ring substituents is 1. The molecule has 1 aromatic carbocycles. The molecule has 0 atom stereocenters. The molecule has 0 aliphatic rings. The molecule has 0 spiro atoms. The van der Waals surface area contributed by atoms with Gasteiger partial charge in [-0.25, -0.2) is 4.98 Å². The van der Waals surface area contributed by atoms with Gasteiger partial charge in [0.25, 0.3) is 16.8 Å². The van der Waals surface area contributed by atoms with Gasteiger partial charge in [-0.15, -0.1) is 0 Å². The van der Waals surface area contributed by atoms with E-state index in [2.05, 4.69) is 4.98 Å². The van der Waals surface area contributed by atoms with Crippen molar-refractivity contribution < 1.29 is 4.92 Å². The van der Waals surface area contributed by atoms with Gasteiger partial charge in [0.05, 0.1) is 16.0 Å². The third-order valence-corrected chi connectivity index (χ3v) is 4.76. The molecule has 0 saturated carbocycles. The van der Waals surface area contributed by atoms with Crippen LogP contribution < -0.4 is 11.1 Å². The number of aromatic nitrogens is 3. The van der Waals surface area contributed by atoms with Gasteiger partial charge < -0.3 is 0 Å². The minimum atomic E-state index is -0.701. The molecule has 0 N–H and O–H groups in total. The maximum absolute atomic E-state index is 13.1. The summed E-state index contributed by atoms with van der Waals surface area (Å²) in [4.78, 5) is 41.2. The zero-order chi connectivity index (χ0) is 20.9. The van der Waals surface area contributed by atoms with E-state index < -0.39 is 16.0 Å². The van der Waals surface area contributed by atoms with Crippen LogP contribution in [0, 0.1) is 35.3 Å². The van der Waals surface area contributed by atoms with Gasteiger partial charge in [-0.1, -0.05) is 12.1 Å². The normalized spacial score (nSPS) is 10.9. The number of nitrogens with zero attached hydrogens (tertiary/aromatic N) is 5. The maximum Gasteiger partial charge on any atom is 0.274 e. The lowest BCUT2D eigenvalue weighted by Gasteiger charge is -2.14. The van der Waals surface area contributed by atoms with E-state index in [1.807, 2.05) is 0 Å². The zero-order valence-electron chi connectivity index (χ0n) is 15.4. The fraction of sp³-hybridized carbons (Fsp3) is 0.100. The molecule has 0 aliphatic carbocycles. The molecule has 4 aromatic rings. The summed E-state index contributed by atoms with van der Waals surface area (Å²) in [5.41, 5.74) is 0.234. The molecule has 142 valence electrons. The van der Waals surface area contributed by atoms with Crippen LogP contribution in [0.15, 0.2) is 52.2 Å². The molecule has 0 amide bonds. The topological polar surface area (TPSA) is 123 Å². The second-order valence-corrected chi connectivity index (χ2v) is 6.58. The first kappa shape index (κ1) is 18.1.